The molecule has 0 spiro atoms. The molecule has 0 fully saturated rings. The van der Waals surface area contributed by atoms with Crippen LogP contribution in [0.15, 0.2) is 103 Å². The van der Waals surface area contributed by atoms with Gasteiger partial charge in [0.2, 0.25) is 0 Å². The van der Waals surface area contributed by atoms with E-state index >= 15 is 0 Å². The molecule has 0 saturated heterocycles. The molecule has 0 aliphatic heterocycles. The van der Waals surface area contributed by atoms with Crippen molar-refractivity contribution in [1.29, 1.82) is 0 Å². The number of para-hydroxylation sites is 1. The Kier molecular flexibility index (Phi) is 4.51. The molecule has 2 N–H and O–H groups in total. The van der Waals surface area contributed by atoms with Gasteiger partial charge in [-0.25, -0.2) is 4.98 Å². The zero-order chi connectivity index (χ0) is 21.5. The monoisotopic (exact) mass is 432 g/mol. The van der Waals surface area contributed by atoms with Crippen molar-refractivity contribution in [2.75, 3.05) is 5.32 Å². The van der Waals surface area contributed by atoms with E-state index in [4.69, 9.17) is 4.98 Å². The lowest BCUT2D eigenvalue weighted by atomic mass is 9.91. The molecule has 0 aliphatic carbocycles. The molecule has 0 aliphatic rings. The summed E-state index contributed by atoms with van der Waals surface area (Å²) in [5.74, 6) is 0.274. The number of nitrogens with one attached hydrogen (secondary N) is 1. The van der Waals surface area contributed by atoms with Crippen molar-refractivity contribution in [1.82, 2.24) is 4.98 Å². The van der Waals surface area contributed by atoms with Gasteiger partial charge in [0.05, 0.1) is 16.3 Å². The summed E-state index contributed by atoms with van der Waals surface area (Å²) in [7, 11) is 0. The van der Waals surface area contributed by atoms with Crippen molar-refractivity contribution in [3.05, 3.63) is 114 Å². The Bertz CT molecular complexity index is 1550. The fraction of sp³-hybridized carbons (Fsp3) is 0.0357. The second-order valence-electron chi connectivity index (χ2n) is 7.89. The van der Waals surface area contributed by atoms with Crippen LogP contribution < -0.4 is 5.32 Å². The van der Waals surface area contributed by atoms with Crippen molar-refractivity contribution in [3.63, 3.8) is 0 Å². The van der Waals surface area contributed by atoms with Gasteiger partial charge >= 0.3 is 0 Å². The fourth-order valence-electron chi connectivity index (χ4n) is 4.35. The van der Waals surface area contributed by atoms with Crippen LogP contribution >= 0.6 is 11.3 Å². The Morgan fingerprint density at radius 2 is 1.44 bits per heavy atom. The van der Waals surface area contributed by atoms with Gasteiger partial charge in [0.15, 0.2) is 5.13 Å². The first-order valence-electron chi connectivity index (χ1n) is 10.6. The first-order chi connectivity index (χ1) is 15.8. The predicted molar refractivity (Wildman–Crippen MR) is 135 cm³/mol. The minimum Gasteiger partial charge on any atom is -0.508 e. The largest absolute Gasteiger partial charge is 0.508 e. The summed E-state index contributed by atoms with van der Waals surface area (Å²) in [6, 6.07) is 34.6. The minimum atomic E-state index is -0.258. The summed E-state index contributed by atoms with van der Waals surface area (Å²) in [4.78, 5) is 4.80. The first-order valence-corrected chi connectivity index (χ1v) is 11.4. The summed E-state index contributed by atoms with van der Waals surface area (Å²) >= 11 is 1.63. The predicted octanol–water partition coefficient (Wildman–Crippen LogP) is 7.51. The zero-order valence-electron chi connectivity index (χ0n) is 17.2. The lowest BCUT2D eigenvalue weighted by molar-refractivity contribution is 0.468. The molecule has 3 nitrogen and oxygen atoms in total. The highest BCUT2D eigenvalue weighted by atomic mass is 32.1. The quantitative estimate of drug-likeness (QED) is 0.303. The number of phenolic OH excluding ortho intramolecular Hbond substituents is 1. The van der Waals surface area contributed by atoms with Gasteiger partial charge < -0.3 is 10.4 Å². The number of phenols is 1. The maximum Gasteiger partial charge on any atom is 0.184 e. The van der Waals surface area contributed by atoms with Crippen LogP contribution in [0, 0.1) is 0 Å². The third kappa shape index (κ3) is 3.26. The molecule has 6 rings (SSSR count). The highest BCUT2D eigenvalue weighted by molar-refractivity contribution is 7.22. The maximum atomic E-state index is 11.0. The van der Waals surface area contributed by atoms with Crippen molar-refractivity contribution >= 4 is 48.2 Å². The SMILES string of the molecule is Oc1ccc2ccccc2c1C(Nc1nc2ccccc2s1)c1ccc2ccccc2c1. The number of nitrogens with zero attached hydrogens (tertiary/aromatic N) is 1. The molecule has 154 valence electrons. The van der Waals surface area contributed by atoms with Gasteiger partial charge in [-0.3, -0.25) is 0 Å². The smallest absolute Gasteiger partial charge is 0.184 e. The molecule has 32 heavy (non-hydrogen) atoms. The summed E-state index contributed by atoms with van der Waals surface area (Å²) in [5, 5.41) is 20.0. The highest BCUT2D eigenvalue weighted by Crippen LogP contribution is 2.39. The summed E-state index contributed by atoms with van der Waals surface area (Å²) in [5.41, 5.74) is 2.91. The van der Waals surface area contributed by atoms with E-state index in [9.17, 15) is 5.11 Å². The number of fused-ring (bicyclic) bond motifs is 3. The number of benzene rings is 5. The van der Waals surface area contributed by atoms with Crippen LogP contribution in [0.2, 0.25) is 0 Å². The molecular weight excluding hydrogens is 412 g/mol. The van der Waals surface area contributed by atoms with Crippen LogP contribution in [0.5, 0.6) is 5.75 Å². The topological polar surface area (TPSA) is 45.1 Å². The third-order valence-electron chi connectivity index (χ3n) is 5.90. The molecule has 6 aromatic rings. The molecule has 4 heteroatoms. The molecule has 1 unspecified atom stereocenters. The van der Waals surface area contributed by atoms with Crippen molar-refractivity contribution in [2.45, 2.75) is 6.04 Å². The van der Waals surface area contributed by atoms with Gasteiger partial charge in [-0.2, -0.15) is 0 Å². The van der Waals surface area contributed by atoms with Gasteiger partial charge in [0, 0.05) is 5.56 Å². The maximum absolute atomic E-state index is 11.0. The number of anilines is 1. The van der Waals surface area contributed by atoms with Crippen LogP contribution in [0.3, 0.4) is 0 Å². The molecule has 0 bridgehead atoms. The van der Waals surface area contributed by atoms with Gasteiger partial charge in [-0.1, -0.05) is 90.2 Å². The molecule has 1 aromatic heterocycles. The fourth-order valence-corrected chi connectivity index (χ4v) is 5.25. The Morgan fingerprint density at radius 1 is 0.719 bits per heavy atom. The van der Waals surface area contributed by atoms with E-state index in [-0.39, 0.29) is 11.8 Å². The number of thiazole rings is 1. The van der Waals surface area contributed by atoms with E-state index in [0.29, 0.717) is 0 Å². The Labute approximate surface area is 189 Å². The molecule has 1 atom stereocenters. The summed E-state index contributed by atoms with van der Waals surface area (Å²) < 4.78 is 1.13. The summed E-state index contributed by atoms with van der Waals surface area (Å²) in [6.45, 7) is 0. The van der Waals surface area contributed by atoms with Gasteiger partial charge in [0.1, 0.15) is 5.75 Å². The molecule has 5 aromatic carbocycles. The number of hydrogen-bond acceptors (Lipinski definition) is 4. The highest BCUT2D eigenvalue weighted by Gasteiger charge is 2.22. The molecule has 0 saturated carbocycles. The number of hydrogen-bond donors (Lipinski definition) is 2. The van der Waals surface area contributed by atoms with E-state index in [1.165, 1.54) is 10.8 Å². The van der Waals surface area contributed by atoms with Crippen LogP contribution in [-0.2, 0) is 0 Å². The summed E-state index contributed by atoms with van der Waals surface area (Å²) in [6.07, 6.45) is 0. The van der Waals surface area contributed by atoms with Gasteiger partial charge in [-0.05, 0) is 51.4 Å². The molecule has 0 amide bonds. The lowest BCUT2D eigenvalue weighted by Crippen LogP contribution is -2.13. The lowest BCUT2D eigenvalue weighted by Gasteiger charge is -2.22. The number of rotatable bonds is 4. The Balaban J connectivity index is 1.56. The van der Waals surface area contributed by atoms with Crippen LogP contribution in [0.4, 0.5) is 5.13 Å². The Hall–Kier alpha value is -3.89. The average Bonchev–Trinajstić information content (AvgIpc) is 3.25. The van der Waals surface area contributed by atoms with Gasteiger partial charge in [-0.15, -0.1) is 0 Å². The second kappa shape index (κ2) is 7.66. The zero-order valence-corrected chi connectivity index (χ0v) is 18.0. The standard InChI is InChI=1S/C28H20N2OS/c31-24-16-15-19-8-3-4-10-22(19)26(24)27(21-14-13-18-7-1-2-9-20(18)17-21)30-28-29-23-11-5-6-12-25(23)32-28/h1-17,27,31H,(H,29,30). The second-order valence-corrected chi connectivity index (χ2v) is 8.92. The number of aromatic hydroxyl groups is 1. The molecule has 1 heterocycles. The average molecular weight is 433 g/mol. The van der Waals surface area contributed by atoms with Gasteiger partial charge in [0.25, 0.3) is 0 Å². The third-order valence-corrected chi connectivity index (χ3v) is 6.87. The van der Waals surface area contributed by atoms with E-state index in [0.717, 1.165) is 37.2 Å². The minimum absolute atomic E-state index is 0.258. The first kappa shape index (κ1) is 18.8. The number of aromatic nitrogens is 1. The van der Waals surface area contributed by atoms with E-state index in [1.807, 2.05) is 36.4 Å². The van der Waals surface area contributed by atoms with Crippen LogP contribution in [0.1, 0.15) is 17.2 Å². The molecule has 0 radical (unpaired) electrons. The van der Waals surface area contributed by atoms with E-state index in [2.05, 4.69) is 66.0 Å². The van der Waals surface area contributed by atoms with Crippen molar-refractivity contribution < 1.29 is 5.11 Å². The van der Waals surface area contributed by atoms with E-state index in [1.54, 1.807) is 17.4 Å². The van der Waals surface area contributed by atoms with Crippen molar-refractivity contribution in [3.8, 4) is 5.75 Å². The van der Waals surface area contributed by atoms with Crippen molar-refractivity contribution in [2.24, 2.45) is 0 Å². The Morgan fingerprint density at radius 3 is 2.31 bits per heavy atom. The molecular formula is C28H20N2OS. The van der Waals surface area contributed by atoms with Crippen LogP contribution in [0.25, 0.3) is 31.8 Å². The normalized spacial score (nSPS) is 12.4. The van der Waals surface area contributed by atoms with E-state index < -0.39 is 0 Å². The van der Waals surface area contributed by atoms with Crippen LogP contribution in [-0.4, -0.2) is 10.1 Å².